The molecule has 3 N–H and O–H groups in total. The predicted octanol–water partition coefficient (Wildman–Crippen LogP) is 1.40. The fraction of sp³-hybridized carbons (Fsp3) is 0.150. The second-order valence-corrected chi connectivity index (χ2v) is 5.39. The van der Waals surface area contributed by atoms with Crippen molar-refractivity contribution in [1.82, 2.24) is 5.43 Å². The summed E-state index contributed by atoms with van der Waals surface area (Å²) >= 11 is 0. The maximum absolute atomic E-state index is 12.1. The van der Waals surface area contributed by atoms with E-state index in [1.165, 1.54) is 12.3 Å². The molecule has 0 saturated carbocycles. The van der Waals surface area contributed by atoms with Crippen LogP contribution in [0.3, 0.4) is 0 Å². The number of nitrogens with zero attached hydrogens (tertiary/aromatic N) is 1. The number of hydrogen-bond acceptors (Lipinski definition) is 6. The SMILES string of the molecule is O=C(/C=C/c1ccc(C(=O)N/N=C/c2ccccc2OCCO)cc1)CO. The van der Waals surface area contributed by atoms with Crippen molar-refractivity contribution < 1.29 is 24.5 Å². The molecular weight excluding hydrogens is 348 g/mol. The zero-order chi connectivity index (χ0) is 19.5. The molecule has 0 bridgehead atoms. The Hall–Kier alpha value is -3.29. The highest BCUT2D eigenvalue weighted by Crippen LogP contribution is 2.15. The molecule has 0 saturated heterocycles. The largest absolute Gasteiger partial charge is 0.491 e. The van der Waals surface area contributed by atoms with Gasteiger partial charge in [0.2, 0.25) is 0 Å². The van der Waals surface area contributed by atoms with Crippen molar-refractivity contribution in [3.8, 4) is 5.75 Å². The lowest BCUT2D eigenvalue weighted by atomic mass is 10.1. The van der Waals surface area contributed by atoms with Crippen LogP contribution in [0.5, 0.6) is 5.75 Å². The van der Waals surface area contributed by atoms with Crippen molar-refractivity contribution in [3.63, 3.8) is 0 Å². The summed E-state index contributed by atoms with van der Waals surface area (Å²) in [5.74, 6) is -0.227. The van der Waals surface area contributed by atoms with Gasteiger partial charge in [-0.15, -0.1) is 0 Å². The number of hydrazone groups is 1. The number of rotatable bonds is 9. The van der Waals surface area contributed by atoms with Crippen LogP contribution in [0.15, 0.2) is 59.7 Å². The minimum absolute atomic E-state index is 0.0957. The van der Waals surface area contributed by atoms with Crippen LogP contribution in [0.25, 0.3) is 6.08 Å². The lowest BCUT2D eigenvalue weighted by Gasteiger charge is -2.07. The first kappa shape index (κ1) is 20.0. The molecule has 0 aliphatic carbocycles. The van der Waals surface area contributed by atoms with Crippen LogP contribution in [0.1, 0.15) is 21.5 Å². The molecule has 27 heavy (non-hydrogen) atoms. The van der Waals surface area contributed by atoms with E-state index in [1.54, 1.807) is 48.5 Å². The van der Waals surface area contributed by atoms with Gasteiger partial charge in [0.05, 0.1) is 12.8 Å². The van der Waals surface area contributed by atoms with Crippen LogP contribution in [0.2, 0.25) is 0 Å². The van der Waals surface area contributed by atoms with Gasteiger partial charge < -0.3 is 14.9 Å². The molecule has 0 aromatic heterocycles. The highest BCUT2D eigenvalue weighted by molar-refractivity contribution is 5.96. The van der Waals surface area contributed by atoms with E-state index in [-0.39, 0.29) is 19.1 Å². The highest BCUT2D eigenvalue weighted by atomic mass is 16.5. The van der Waals surface area contributed by atoms with Crippen molar-refractivity contribution in [2.45, 2.75) is 0 Å². The van der Waals surface area contributed by atoms with Crippen LogP contribution in [0.4, 0.5) is 0 Å². The van der Waals surface area contributed by atoms with Crippen LogP contribution in [0, 0.1) is 0 Å². The quantitative estimate of drug-likeness (QED) is 0.352. The number of carbonyl (C=O) groups excluding carboxylic acids is 2. The van der Waals surface area contributed by atoms with Gasteiger partial charge in [0, 0.05) is 11.1 Å². The van der Waals surface area contributed by atoms with Crippen molar-refractivity contribution >= 4 is 24.0 Å². The first-order valence-electron chi connectivity index (χ1n) is 8.22. The van der Waals surface area contributed by atoms with Gasteiger partial charge in [-0.2, -0.15) is 5.10 Å². The van der Waals surface area contributed by atoms with Crippen molar-refractivity contribution in [1.29, 1.82) is 0 Å². The van der Waals surface area contributed by atoms with Crippen LogP contribution in [-0.4, -0.2) is 47.9 Å². The van der Waals surface area contributed by atoms with Crippen LogP contribution >= 0.6 is 0 Å². The minimum Gasteiger partial charge on any atom is -0.491 e. The maximum Gasteiger partial charge on any atom is 0.271 e. The number of amides is 1. The van der Waals surface area contributed by atoms with Gasteiger partial charge in [-0.25, -0.2) is 5.43 Å². The number of hydrogen-bond donors (Lipinski definition) is 3. The number of benzene rings is 2. The van der Waals surface area contributed by atoms with E-state index in [1.807, 2.05) is 6.07 Å². The summed E-state index contributed by atoms with van der Waals surface area (Å²) < 4.78 is 5.39. The Kier molecular flexibility index (Phi) is 7.90. The number of carbonyl (C=O) groups is 2. The Morgan fingerprint density at radius 1 is 1.07 bits per heavy atom. The van der Waals surface area contributed by atoms with Gasteiger partial charge >= 0.3 is 0 Å². The average molecular weight is 368 g/mol. The van der Waals surface area contributed by atoms with Crippen molar-refractivity contribution in [2.24, 2.45) is 5.10 Å². The molecule has 0 atom stereocenters. The Balaban J connectivity index is 1.97. The molecular formula is C20H20N2O5. The first-order chi connectivity index (χ1) is 13.1. The zero-order valence-electron chi connectivity index (χ0n) is 14.5. The summed E-state index contributed by atoms with van der Waals surface area (Å²) in [5, 5.41) is 21.4. The number of aliphatic hydroxyl groups is 2. The van der Waals surface area contributed by atoms with E-state index in [4.69, 9.17) is 14.9 Å². The smallest absolute Gasteiger partial charge is 0.271 e. The monoisotopic (exact) mass is 368 g/mol. The van der Waals surface area contributed by atoms with E-state index in [0.29, 0.717) is 16.9 Å². The van der Waals surface area contributed by atoms with E-state index in [9.17, 15) is 9.59 Å². The van der Waals surface area contributed by atoms with Gasteiger partial charge in [-0.1, -0.05) is 30.3 Å². The highest BCUT2D eigenvalue weighted by Gasteiger charge is 2.04. The summed E-state index contributed by atoms with van der Waals surface area (Å²) in [6, 6.07) is 13.7. The van der Waals surface area contributed by atoms with Crippen LogP contribution in [-0.2, 0) is 4.79 Å². The third-order valence-electron chi connectivity index (χ3n) is 3.43. The molecule has 2 aromatic rings. The number of para-hydroxylation sites is 1. The second-order valence-electron chi connectivity index (χ2n) is 5.39. The molecule has 0 unspecified atom stereocenters. The molecule has 2 rings (SSSR count). The van der Waals surface area contributed by atoms with E-state index < -0.39 is 12.4 Å². The number of aliphatic hydroxyl groups excluding tert-OH is 2. The summed E-state index contributed by atoms with van der Waals surface area (Å²) in [7, 11) is 0. The first-order valence-corrected chi connectivity index (χ1v) is 8.22. The lowest BCUT2D eigenvalue weighted by molar-refractivity contribution is -0.117. The Bertz CT molecular complexity index is 829. The third-order valence-corrected chi connectivity index (χ3v) is 3.43. The molecule has 1 amide bonds. The third kappa shape index (κ3) is 6.50. The Morgan fingerprint density at radius 2 is 1.81 bits per heavy atom. The second kappa shape index (κ2) is 10.6. The van der Waals surface area contributed by atoms with Gasteiger partial charge in [-0.3, -0.25) is 9.59 Å². The summed E-state index contributed by atoms with van der Waals surface area (Å²) in [4.78, 5) is 23.2. The van der Waals surface area contributed by atoms with Gasteiger partial charge in [0.25, 0.3) is 5.91 Å². The van der Waals surface area contributed by atoms with E-state index in [0.717, 1.165) is 5.56 Å². The molecule has 7 nitrogen and oxygen atoms in total. The number of nitrogens with one attached hydrogen (secondary N) is 1. The van der Waals surface area contributed by atoms with Gasteiger partial charge in [0.15, 0.2) is 5.78 Å². The van der Waals surface area contributed by atoms with Crippen molar-refractivity contribution in [3.05, 3.63) is 71.3 Å². The molecule has 0 radical (unpaired) electrons. The van der Waals surface area contributed by atoms with E-state index >= 15 is 0 Å². The lowest BCUT2D eigenvalue weighted by Crippen LogP contribution is -2.17. The molecule has 140 valence electrons. The molecule has 0 spiro atoms. The summed E-state index contributed by atoms with van der Waals surface area (Å²) in [6.45, 7) is -0.466. The zero-order valence-corrected chi connectivity index (χ0v) is 14.5. The minimum atomic E-state index is -0.539. The molecule has 7 heteroatoms. The number of ketones is 1. The van der Waals surface area contributed by atoms with E-state index in [2.05, 4.69) is 10.5 Å². The molecule has 0 aliphatic heterocycles. The normalized spacial score (nSPS) is 11.0. The standard InChI is InChI=1S/C20H20N2O5/c23-11-12-27-19-4-2-1-3-17(19)13-21-22-20(26)16-8-5-15(6-9-16)7-10-18(25)14-24/h1-10,13,23-24H,11-12,14H2,(H,22,26)/b10-7+,21-13+. The van der Waals surface area contributed by atoms with Gasteiger partial charge in [-0.05, 0) is 35.9 Å². The van der Waals surface area contributed by atoms with Crippen molar-refractivity contribution in [2.75, 3.05) is 19.8 Å². The predicted molar refractivity (Wildman–Crippen MR) is 102 cm³/mol. The molecule has 0 heterocycles. The number of ether oxygens (including phenoxy) is 1. The maximum atomic E-state index is 12.1. The van der Waals surface area contributed by atoms with Gasteiger partial charge in [0.1, 0.15) is 19.0 Å². The Morgan fingerprint density at radius 3 is 2.52 bits per heavy atom. The Labute approximate surface area is 156 Å². The molecule has 2 aromatic carbocycles. The molecule has 0 fully saturated rings. The topological polar surface area (TPSA) is 108 Å². The average Bonchev–Trinajstić information content (AvgIpc) is 2.71. The summed E-state index contributed by atoms with van der Waals surface area (Å²) in [6.07, 6.45) is 4.29. The fourth-order valence-electron chi connectivity index (χ4n) is 2.09. The summed E-state index contributed by atoms with van der Waals surface area (Å²) in [5.41, 5.74) is 4.23. The van der Waals surface area contributed by atoms with Crippen LogP contribution < -0.4 is 10.2 Å². The fourth-order valence-corrected chi connectivity index (χ4v) is 2.09. The molecule has 0 aliphatic rings.